The number of nitrogens with zero attached hydrogens (tertiary/aromatic N) is 1. The third-order valence-electron chi connectivity index (χ3n) is 5.70. The van der Waals surface area contributed by atoms with E-state index in [-0.39, 0.29) is 0 Å². The van der Waals surface area contributed by atoms with Gasteiger partial charge in [0.05, 0.1) is 7.11 Å². The van der Waals surface area contributed by atoms with E-state index in [1.165, 1.54) is 0 Å². The van der Waals surface area contributed by atoms with Crippen molar-refractivity contribution in [2.75, 3.05) is 7.11 Å². The van der Waals surface area contributed by atoms with E-state index in [9.17, 15) is 0 Å². The summed E-state index contributed by atoms with van der Waals surface area (Å²) in [6.07, 6.45) is 1.73. The van der Waals surface area contributed by atoms with Crippen LogP contribution in [0.3, 0.4) is 0 Å². The average Bonchev–Trinajstić information content (AvgIpc) is 2.84. The van der Waals surface area contributed by atoms with Crippen molar-refractivity contribution in [3.8, 4) is 5.75 Å². The maximum Gasteiger partial charge on any atom is 0.352 e. The molecule has 0 aliphatic carbocycles. The third kappa shape index (κ3) is 4.79. The van der Waals surface area contributed by atoms with Crippen LogP contribution in [0.5, 0.6) is 5.75 Å². The van der Waals surface area contributed by atoms with Gasteiger partial charge in [0.15, 0.2) is 0 Å². The fourth-order valence-corrected chi connectivity index (χ4v) is 4.11. The summed E-state index contributed by atoms with van der Waals surface area (Å²) in [5, 5.41) is 1.31. The second-order valence-corrected chi connectivity index (χ2v) is 8.64. The molecule has 3 aromatic carbocycles. The first-order chi connectivity index (χ1) is 15.9. The molecule has 0 saturated heterocycles. The molecule has 0 amide bonds. The summed E-state index contributed by atoms with van der Waals surface area (Å²) in [5.41, 5.74) is 4.28. The van der Waals surface area contributed by atoms with Crippen LogP contribution in [0.25, 0.3) is 0 Å². The monoisotopic (exact) mass is 474 g/mol. The van der Waals surface area contributed by atoms with Gasteiger partial charge in [-0.3, -0.25) is 4.98 Å². The van der Waals surface area contributed by atoms with Crippen molar-refractivity contribution in [1.82, 2.24) is 4.98 Å². The molecular weight excluding hydrogens is 452 g/mol. The minimum absolute atomic E-state index is 0.657. The average molecular weight is 475 g/mol. The zero-order valence-corrected chi connectivity index (χ0v) is 20.2. The van der Waals surface area contributed by atoms with Crippen molar-refractivity contribution >= 4 is 36.3 Å². The van der Waals surface area contributed by atoms with Crippen molar-refractivity contribution in [1.29, 1.82) is 0 Å². The second-order valence-electron chi connectivity index (χ2n) is 7.83. The standard InChI is InChI=1S/C27H23BCl2NO2/c1-18-7-9-21(16-24(18)29)27(20-11-13-23(32-3)14-12-20,22-10-8-19(2)25(30)17-22)33-28-26-6-4-5-15-31-26/h4-17H,1-3H3. The van der Waals surface area contributed by atoms with Gasteiger partial charge < -0.3 is 9.39 Å². The van der Waals surface area contributed by atoms with Gasteiger partial charge >= 0.3 is 7.48 Å². The molecule has 4 rings (SSSR count). The van der Waals surface area contributed by atoms with Gasteiger partial charge in [-0.25, -0.2) is 0 Å². The van der Waals surface area contributed by atoms with Crippen LogP contribution >= 0.6 is 23.2 Å². The third-order valence-corrected chi connectivity index (χ3v) is 6.51. The number of benzene rings is 3. The number of halogens is 2. The van der Waals surface area contributed by atoms with Crippen molar-refractivity contribution in [3.05, 3.63) is 123 Å². The summed E-state index contributed by atoms with van der Waals surface area (Å²) >= 11 is 13.2. The first-order valence-electron chi connectivity index (χ1n) is 10.5. The first-order valence-corrected chi connectivity index (χ1v) is 11.3. The number of hydrogen-bond acceptors (Lipinski definition) is 3. The summed E-state index contributed by atoms with van der Waals surface area (Å²) in [7, 11) is 3.32. The van der Waals surface area contributed by atoms with Crippen LogP contribution in [-0.2, 0) is 10.3 Å². The summed E-state index contributed by atoms with van der Waals surface area (Å²) < 4.78 is 12.1. The Bertz CT molecular complexity index is 1200. The SMILES string of the molecule is COc1ccc(C(O[B]c2ccccn2)(c2ccc(C)c(Cl)c2)c2ccc(C)c(Cl)c2)cc1. The summed E-state index contributed by atoms with van der Waals surface area (Å²) in [6.45, 7) is 3.95. The van der Waals surface area contributed by atoms with Gasteiger partial charge in [0, 0.05) is 21.8 Å². The van der Waals surface area contributed by atoms with Crippen molar-refractivity contribution in [2.24, 2.45) is 0 Å². The molecule has 0 bridgehead atoms. The van der Waals surface area contributed by atoms with E-state index in [1.54, 1.807) is 20.8 Å². The second kappa shape index (κ2) is 10.0. The number of ether oxygens (including phenoxy) is 1. The molecule has 1 aromatic heterocycles. The topological polar surface area (TPSA) is 31.4 Å². The van der Waals surface area contributed by atoms with Crippen LogP contribution in [0.15, 0.2) is 85.1 Å². The maximum atomic E-state index is 6.69. The molecule has 0 aliphatic heterocycles. The zero-order valence-electron chi connectivity index (χ0n) is 18.7. The predicted octanol–water partition coefficient (Wildman–Crippen LogP) is 6.27. The smallest absolute Gasteiger partial charge is 0.352 e. The van der Waals surface area contributed by atoms with E-state index in [0.29, 0.717) is 15.6 Å². The highest BCUT2D eigenvalue weighted by Crippen LogP contribution is 2.43. The Labute approximate surface area is 205 Å². The molecule has 0 fully saturated rings. The largest absolute Gasteiger partial charge is 0.497 e. The quantitative estimate of drug-likeness (QED) is 0.233. The molecule has 0 unspecified atom stereocenters. The summed E-state index contributed by atoms with van der Waals surface area (Å²) in [4.78, 5) is 4.40. The maximum absolute atomic E-state index is 6.69. The molecule has 4 aromatic rings. The van der Waals surface area contributed by atoms with Crippen molar-refractivity contribution in [3.63, 3.8) is 0 Å². The van der Waals surface area contributed by atoms with Gasteiger partial charge in [-0.05, 0) is 78.1 Å². The molecule has 0 N–H and O–H groups in total. The Kier molecular flexibility index (Phi) is 7.09. The summed E-state index contributed by atoms with van der Waals surface area (Å²) in [6, 6.07) is 25.4. The fraction of sp³-hybridized carbons (Fsp3) is 0.148. The fourth-order valence-electron chi connectivity index (χ4n) is 3.75. The lowest BCUT2D eigenvalue weighted by Gasteiger charge is -2.37. The van der Waals surface area contributed by atoms with Crippen LogP contribution in [0.4, 0.5) is 0 Å². The normalized spacial score (nSPS) is 11.3. The lowest BCUT2D eigenvalue weighted by atomic mass is 9.77. The van der Waals surface area contributed by atoms with E-state index in [1.807, 2.05) is 92.7 Å². The lowest BCUT2D eigenvalue weighted by molar-refractivity contribution is 0.167. The molecule has 6 heteroatoms. The highest BCUT2D eigenvalue weighted by atomic mass is 35.5. The van der Waals surface area contributed by atoms with E-state index < -0.39 is 5.60 Å². The molecular formula is C27H23BCl2NO2. The Morgan fingerprint density at radius 3 is 1.82 bits per heavy atom. The van der Waals surface area contributed by atoms with Gasteiger partial charge in [0.25, 0.3) is 0 Å². The lowest BCUT2D eigenvalue weighted by Crippen LogP contribution is -2.38. The van der Waals surface area contributed by atoms with Gasteiger partial charge in [0.2, 0.25) is 0 Å². The van der Waals surface area contributed by atoms with Crippen LogP contribution in [0.1, 0.15) is 27.8 Å². The highest BCUT2D eigenvalue weighted by molar-refractivity contribution is 6.45. The first kappa shape index (κ1) is 23.4. The van der Waals surface area contributed by atoms with Crippen LogP contribution in [-0.4, -0.2) is 19.6 Å². The molecule has 0 aliphatic rings. The zero-order chi connectivity index (χ0) is 23.4. The minimum Gasteiger partial charge on any atom is -0.497 e. The summed E-state index contributed by atoms with van der Waals surface area (Å²) in [5.74, 6) is 0.755. The van der Waals surface area contributed by atoms with Crippen LogP contribution in [0.2, 0.25) is 10.0 Å². The molecule has 1 heterocycles. The molecule has 0 saturated carbocycles. The number of rotatable bonds is 7. The molecule has 0 atom stereocenters. The Hall–Kier alpha value is -2.79. The minimum atomic E-state index is -1.03. The molecule has 1 radical (unpaired) electrons. The van der Waals surface area contributed by atoms with E-state index in [2.05, 4.69) is 4.98 Å². The van der Waals surface area contributed by atoms with Crippen molar-refractivity contribution in [2.45, 2.75) is 19.4 Å². The van der Waals surface area contributed by atoms with Gasteiger partial charge in [-0.1, -0.05) is 65.7 Å². The number of aromatic nitrogens is 1. The molecule has 165 valence electrons. The molecule has 0 spiro atoms. The van der Waals surface area contributed by atoms with Gasteiger partial charge in [-0.2, -0.15) is 0 Å². The van der Waals surface area contributed by atoms with Crippen LogP contribution in [0, 0.1) is 13.8 Å². The van der Waals surface area contributed by atoms with E-state index in [0.717, 1.165) is 33.6 Å². The number of methoxy groups -OCH3 is 1. The predicted molar refractivity (Wildman–Crippen MR) is 136 cm³/mol. The number of hydrogen-bond donors (Lipinski definition) is 0. The van der Waals surface area contributed by atoms with Crippen LogP contribution < -0.4 is 10.3 Å². The Morgan fingerprint density at radius 2 is 1.33 bits per heavy atom. The van der Waals surface area contributed by atoms with Gasteiger partial charge in [-0.15, -0.1) is 0 Å². The Morgan fingerprint density at radius 1 is 0.758 bits per heavy atom. The molecule has 33 heavy (non-hydrogen) atoms. The molecule has 3 nitrogen and oxygen atoms in total. The number of pyridine rings is 1. The van der Waals surface area contributed by atoms with E-state index in [4.69, 9.17) is 32.6 Å². The van der Waals surface area contributed by atoms with E-state index >= 15 is 0 Å². The van der Waals surface area contributed by atoms with Crippen molar-refractivity contribution < 1.29 is 9.39 Å². The Balaban J connectivity index is 1.97. The highest BCUT2D eigenvalue weighted by Gasteiger charge is 2.38. The number of aryl methyl sites for hydroxylation is 2. The van der Waals surface area contributed by atoms with Gasteiger partial charge in [0.1, 0.15) is 11.4 Å².